The molecule has 0 amide bonds. The fourth-order valence-electron chi connectivity index (χ4n) is 3.31. The van der Waals surface area contributed by atoms with Gasteiger partial charge in [0.05, 0.1) is 0 Å². The normalized spacial score (nSPS) is 43.0. The Morgan fingerprint density at radius 3 is 2.50 bits per heavy atom. The summed E-state index contributed by atoms with van der Waals surface area (Å²) in [6.45, 7) is 9.84. The Kier molecular flexibility index (Phi) is 1.81. The lowest BCUT2D eigenvalue weighted by Crippen LogP contribution is -2.17. The quantitative estimate of drug-likeness (QED) is 0.556. The van der Waals surface area contributed by atoms with E-state index >= 15 is 0 Å². The summed E-state index contributed by atoms with van der Waals surface area (Å²) in [5.41, 5.74) is 1.26. The molecule has 0 aromatic carbocycles. The molecule has 0 aromatic heterocycles. The van der Waals surface area contributed by atoms with E-state index < -0.39 is 0 Å². The third-order valence-electron chi connectivity index (χ3n) is 4.08. The van der Waals surface area contributed by atoms with E-state index in [0.29, 0.717) is 10.8 Å². The number of rotatable bonds is 0. The number of hydrogen-bond donors (Lipinski definition) is 0. The van der Waals surface area contributed by atoms with Gasteiger partial charge in [-0.05, 0) is 40.6 Å². The van der Waals surface area contributed by atoms with Gasteiger partial charge in [-0.1, -0.05) is 27.7 Å². The molecule has 2 aliphatic rings. The third kappa shape index (κ3) is 1.13. The smallest absolute Gasteiger partial charge is 0.00309 e. The molecule has 2 rings (SSSR count). The predicted molar refractivity (Wildman–Crippen MR) is 56.5 cm³/mol. The first-order valence-corrected chi connectivity index (χ1v) is 6.19. The fraction of sp³-hybridized carbons (Fsp3) is 1.00. The van der Waals surface area contributed by atoms with E-state index in [9.17, 15) is 0 Å². The maximum atomic E-state index is 2.46. The molecule has 1 saturated heterocycles. The van der Waals surface area contributed by atoms with Crippen LogP contribution in [0.3, 0.4) is 0 Å². The molecule has 1 heterocycles. The van der Waals surface area contributed by atoms with E-state index in [0.717, 1.165) is 11.8 Å². The van der Waals surface area contributed by atoms with Gasteiger partial charge in [-0.2, -0.15) is 11.8 Å². The Hall–Kier alpha value is 0.350. The van der Waals surface area contributed by atoms with Crippen molar-refractivity contribution in [3.05, 3.63) is 0 Å². The second-order valence-electron chi connectivity index (χ2n) is 5.72. The summed E-state index contributed by atoms with van der Waals surface area (Å²) in [5, 5.41) is 0. The van der Waals surface area contributed by atoms with Gasteiger partial charge in [-0.3, -0.25) is 0 Å². The fourth-order valence-corrected chi connectivity index (χ4v) is 5.02. The molecule has 1 heteroatoms. The molecular formula is C11H20S. The zero-order chi connectivity index (χ0) is 8.98. The van der Waals surface area contributed by atoms with E-state index in [1.54, 1.807) is 0 Å². The third-order valence-corrected chi connectivity index (χ3v) is 5.17. The van der Waals surface area contributed by atoms with Crippen molar-refractivity contribution in [3.8, 4) is 0 Å². The Morgan fingerprint density at radius 2 is 1.83 bits per heavy atom. The second-order valence-corrected chi connectivity index (χ2v) is 6.87. The average molecular weight is 184 g/mol. The highest BCUT2D eigenvalue weighted by Gasteiger charge is 2.63. The molecule has 1 saturated carbocycles. The van der Waals surface area contributed by atoms with E-state index in [1.807, 2.05) is 0 Å². The Bertz CT molecular complexity index is 193. The lowest BCUT2D eigenvalue weighted by molar-refractivity contribution is 0.258. The van der Waals surface area contributed by atoms with Crippen LogP contribution in [0.25, 0.3) is 0 Å². The van der Waals surface area contributed by atoms with Crippen molar-refractivity contribution >= 4 is 11.8 Å². The van der Waals surface area contributed by atoms with Gasteiger partial charge < -0.3 is 0 Å². The highest BCUT2D eigenvalue weighted by atomic mass is 32.2. The van der Waals surface area contributed by atoms with Gasteiger partial charge in [0.2, 0.25) is 0 Å². The van der Waals surface area contributed by atoms with Crippen LogP contribution in [-0.4, -0.2) is 11.5 Å². The van der Waals surface area contributed by atoms with Crippen molar-refractivity contribution in [1.29, 1.82) is 0 Å². The maximum absolute atomic E-state index is 2.46. The molecule has 70 valence electrons. The molecule has 0 spiro atoms. The van der Waals surface area contributed by atoms with E-state index in [-0.39, 0.29) is 0 Å². The van der Waals surface area contributed by atoms with Gasteiger partial charge in [0, 0.05) is 0 Å². The van der Waals surface area contributed by atoms with Gasteiger partial charge in [0.25, 0.3) is 0 Å². The van der Waals surface area contributed by atoms with Crippen molar-refractivity contribution in [1.82, 2.24) is 0 Å². The van der Waals surface area contributed by atoms with Gasteiger partial charge in [0.15, 0.2) is 0 Å². The van der Waals surface area contributed by atoms with Gasteiger partial charge in [-0.25, -0.2) is 0 Å². The molecule has 2 fully saturated rings. The van der Waals surface area contributed by atoms with E-state index in [4.69, 9.17) is 0 Å². The first-order chi connectivity index (χ1) is 5.46. The molecule has 0 N–H and O–H groups in total. The number of fused-ring (bicyclic) bond motifs is 1. The predicted octanol–water partition coefficient (Wildman–Crippen LogP) is 3.42. The van der Waals surface area contributed by atoms with Crippen molar-refractivity contribution in [3.63, 3.8) is 0 Å². The Balaban J connectivity index is 2.19. The van der Waals surface area contributed by atoms with Crippen LogP contribution in [0.5, 0.6) is 0 Å². The number of thioether (sulfide) groups is 1. The summed E-state index contributed by atoms with van der Waals surface area (Å²) in [6.07, 6.45) is 1.42. The second kappa shape index (κ2) is 2.43. The van der Waals surface area contributed by atoms with E-state index in [1.165, 1.54) is 17.9 Å². The number of hydrogen-bond acceptors (Lipinski definition) is 1. The monoisotopic (exact) mass is 184 g/mol. The molecule has 1 aliphatic carbocycles. The summed E-state index contributed by atoms with van der Waals surface area (Å²) < 4.78 is 0. The zero-order valence-electron chi connectivity index (χ0n) is 8.68. The summed E-state index contributed by atoms with van der Waals surface area (Å²) in [5.74, 6) is 4.82. The molecular weight excluding hydrogens is 164 g/mol. The topological polar surface area (TPSA) is 0 Å². The minimum Gasteiger partial charge on any atom is -0.162 e. The van der Waals surface area contributed by atoms with Crippen molar-refractivity contribution in [2.75, 3.05) is 11.5 Å². The van der Waals surface area contributed by atoms with Crippen molar-refractivity contribution < 1.29 is 0 Å². The minimum absolute atomic E-state index is 0.609. The largest absolute Gasteiger partial charge is 0.162 e. The molecule has 0 aromatic rings. The molecule has 12 heavy (non-hydrogen) atoms. The van der Waals surface area contributed by atoms with Gasteiger partial charge >= 0.3 is 0 Å². The SMILES string of the molecule is CC1(C)CCSCC2C1C2(C)C. The lowest BCUT2D eigenvalue weighted by atomic mass is 9.81. The van der Waals surface area contributed by atoms with Crippen molar-refractivity contribution in [2.45, 2.75) is 34.1 Å². The first-order valence-electron chi connectivity index (χ1n) is 5.04. The van der Waals surface area contributed by atoms with Crippen LogP contribution in [0, 0.1) is 22.7 Å². The van der Waals surface area contributed by atoms with Gasteiger partial charge in [-0.15, -0.1) is 0 Å². The van der Waals surface area contributed by atoms with Crippen molar-refractivity contribution in [2.24, 2.45) is 22.7 Å². The van der Waals surface area contributed by atoms with Crippen LogP contribution in [0.2, 0.25) is 0 Å². The van der Waals surface area contributed by atoms with Crippen LogP contribution in [0.1, 0.15) is 34.1 Å². The molecule has 0 radical (unpaired) electrons. The highest BCUT2D eigenvalue weighted by molar-refractivity contribution is 7.99. The highest BCUT2D eigenvalue weighted by Crippen LogP contribution is 2.68. The first kappa shape index (κ1) is 8.93. The van der Waals surface area contributed by atoms with Crippen LogP contribution in [0.4, 0.5) is 0 Å². The Morgan fingerprint density at radius 1 is 1.17 bits per heavy atom. The molecule has 1 aliphatic heterocycles. The standard InChI is InChI=1S/C11H20S/c1-10(2)5-6-12-7-8-9(10)11(8,3)4/h8-9H,5-7H2,1-4H3. The lowest BCUT2D eigenvalue weighted by Gasteiger charge is -2.25. The summed E-state index contributed by atoms with van der Waals surface area (Å²) in [7, 11) is 0. The van der Waals surface area contributed by atoms with Crippen LogP contribution >= 0.6 is 11.8 Å². The minimum atomic E-state index is 0.609. The maximum Gasteiger partial charge on any atom is -0.00309 e. The van der Waals surface area contributed by atoms with Gasteiger partial charge in [0.1, 0.15) is 0 Å². The summed E-state index contributed by atoms with van der Waals surface area (Å²) in [6, 6.07) is 0. The molecule has 2 atom stereocenters. The molecule has 0 nitrogen and oxygen atoms in total. The summed E-state index contributed by atoms with van der Waals surface area (Å²) >= 11 is 2.17. The molecule has 0 bridgehead atoms. The Labute approximate surface area is 80.5 Å². The van der Waals surface area contributed by atoms with Crippen LogP contribution < -0.4 is 0 Å². The van der Waals surface area contributed by atoms with Crippen LogP contribution in [0.15, 0.2) is 0 Å². The average Bonchev–Trinajstić information content (AvgIpc) is 2.51. The summed E-state index contributed by atoms with van der Waals surface area (Å²) in [4.78, 5) is 0. The zero-order valence-corrected chi connectivity index (χ0v) is 9.50. The van der Waals surface area contributed by atoms with Crippen LogP contribution in [-0.2, 0) is 0 Å². The molecule has 2 unspecified atom stereocenters. The van der Waals surface area contributed by atoms with E-state index in [2.05, 4.69) is 39.5 Å².